The van der Waals surface area contributed by atoms with Gasteiger partial charge in [-0.25, -0.2) is 8.93 Å². The lowest BCUT2D eigenvalue weighted by Crippen LogP contribution is -2.35. The lowest BCUT2D eigenvalue weighted by molar-refractivity contribution is -0.126. The number of carbonyl (C=O) groups excluding carboxylic acids is 1. The molecule has 0 aromatic heterocycles. The Balaban J connectivity index is 3.85. The standard InChI is InChI=1S/C9H18N2O2S/c1-5-6-14(13)10-7-9(12)11(4)8(2)3/h10H,2,5-7H2,1,3-4H3. The minimum absolute atomic E-state index is 0.0932. The number of nitrogens with one attached hydrogen (secondary N) is 1. The van der Waals surface area contributed by atoms with Crippen LogP contribution in [0.5, 0.6) is 0 Å². The molecule has 0 saturated heterocycles. The maximum Gasteiger partial charge on any atom is 0.241 e. The molecule has 0 bridgehead atoms. The first-order valence-electron chi connectivity index (χ1n) is 4.53. The third kappa shape index (κ3) is 5.14. The van der Waals surface area contributed by atoms with Crippen molar-refractivity contribution in [2.24, 2.45) is 0 Å². The number of nitrogens with zero attached hydrogens (tertiary/aromatic N) is 1. The summed E-state index contributed by atoms with van der Waals surface area (Å²) in [6.07, 6.45) is 0.837. The molecule has 0 saturated carbocycles. The fourth-order valence-corrected chi connectivity index (χ4v) is 1.53. The smallest absolute Gasteiger partial charge is 0.241 e. The number of carbonyl (C=O) groups is 1. The molecule has 1 unspecified atom stereocenters. The Bertz CT molecular complexity index is 241. The first-order valence-corrected chi connectivity index (χ1v) is 5.84. The molecule has 0 fully saturated rings. The van der Waals surface area contributed by atoms with Crippen LogP contribution >= 0.6 is 0 Å². The van der Waals surface area contributed by atoms with Gasteiger partial charge in [-0.3, -0.25) is 4.79 Å². The van der Waals surface area contributed by atoms with Crippen molar-refractivity contribution in [3.63, 3.8) is 0 Å². The summed E-state index contributed by atoms with van der Waals surface area (Å²) in [5, 5.41) is 0. The molecule has 5 heteroatoms. The number of rotatable bonds is 6. The van der Waals surface area contributed by atoms with Gasteiger partial charge in [0.2, 0.25) is 5.91 Å². The molecule has 0 radical (unpaired) electrons. The summed E-state index contributed by atoms with van der Waals surface area (Å²) in [4.78, 5) is 12.8. The second-order valence-electron chi connectivity index (χ2n) is 3.06. The Hall–Kier alpha value is -0.680. The lowest BCUT2D eigenvalue weighted by Gasteiger charge is -2.16. The first-order chi connectivity index (χ1) is 6.49. The van der Waals surface area contributed by atoms with Crippen LogP contribution in [-0.2, 0) is 15.8 Å². The van der Waals surface area contributed by atoms with Crippen LogP contribution in [0, 0.1) is 0 Å². The largest absolute Gasteiger partial charge is 0.319 e. The monoisotopic (exact) mass is 218 g/mol. The highest BCUT2D eigenvalue weighted by Crippen LogP contribution is 1.95. The van der Waals surface area contributed by atoms with E-state index in [4.69, 9.17) is 0 Å². The van der Waals surface area contributed by atoms with Gasteiger partial charge in [0, 0.05) is 18.5 Å². The summed E-state index contributed by atoms with van der Waals surface area (Å²) in [6, 6.07) is 0. The van der Waals surface area contributed by atoms with Crippen molar-refractivity contribution in [3.05, 3.63) is 12.3 Å². The molecule has 0 aromatic carbocycles. The summed E-state index contributed by atoms with van der Waals surface area (Å²) in [5.74, 6) is 0.450. The van der Waals surface area contributed by atoms with Crippen molar-refractivity contribution in [1.29, 1.82) is 0 Å². The predicted octanol–water partition coefficient (Wildman–Crippen LogP) is 0.642. The Morgan fingerprint density at radius 1 is 1.57 bits per heavy atom. The maximum absolute atomic E-state index is 11.4. The second-order valence-corrected chi connectivity index (χ2v) is 4.45. The van der Waals surface area contributed by atoms with Crippen molar-refractivity contribution < 1.29 is 9.00 Å². The second kappa shape index (κ2) is 6.73. The molecule has 0 aliphatic rings. The SMILES string of the molecule is C=C(C)N(C)C(=O)CNS(=O)CCC. The van der Waals surface area contributed by atoms with E-state index in [0.717, 1.165) is 6.42 Å². The molecule has 14 heavy (non-hydrogen) atoms. The van der Waals surface area contributed by atoms with Crippen molar-refractivity contribution in [2.75, 3.05) is 19.3 Å². The van der Waals surface area contributed by atoms with Gasteiger partial charge >= 0.3 is 0 Å². The predicted molar refractivity (Wildman–Crippen MR) is 58.9 cm³/mol. The highest BCUT2D eigenvalue weighted by molar-refractivity contribution is 7.83. The fraction of sp³-hybridized carbons (Fsp3) is 0.667. The summed E-state index contributed by atoms with van der Waals surface area (Å²) in [5.41, 5.74) is 0.679. The molecule has 0 rings (SSSR count). The minimum atomic E-state index is -1.10. The summed E-state index contributed by atoms with van der Waals surface area (Å²) in [6.45, 7) is 7.43. The van der Waals surface area contributed by atoms with E-state index in [2.05, 4.69) is 11.3 Å². The van der Waals surface area contributed by atoms with Crippen molar-refractivity contribution >= 4 is 16.9 Å². The molecule has 1 N–H and O–H groups in total. The Morgan fingerprint density at radius 2 is 2.14 bits per heavy atom. The molecule has 0 aliphatic carbocycles. The average Bonchev–Trinajstić information content (AvgIpc) is 2.13. The molecular weight excluding hydrogens is 200 g/mol. The highest BCUT2D eigenvalue weighted by Gasteiger charge is 2.09. The molecular formula is C9H18N2O2S. The van der Waals surface area contributed by atoms with Gasteiger partial charge < -0.3 is 4.90 Å². The molecule has 0 spiro atoms. The Morgan fingerprint density at radius 3 is 2.57 bits per heavy atom. The van der Waals surface area contributed by atoms with Crippen LogP contribution in [0.25, 0.3) is 0 Å². The van der Waals surface area contributed by atoms with E-state index < -0.39 is 11.0 Å². The average molecular weight is 218 g/mol. The summed E-state index contributed by atoms with van der Waals surface area (Å²) in [7, 11) is 0.550. The van der Waals surface area contributed by atoms with Crippen molar-refractivity contribution in [2.45, 2.75) is 20.3 Å². The van der Waals surface area contributed by atoms with E-state index >= 15 is 0 Å². The van der Waals surface area contributed by atoms with Gasteiger partial charge in [-0.2, -0.15) is 0 Å². The van der Waals surface area contributed by atoms with Crippen LogP contribution in [0.3, 0.4) is 0 Å². The van der Waals surface area contributed by atoms with Crippen molar-refractivity contribution in [3.8, 4) is 0 Å². The van der Waals surface area contributed by atoms with Crippen molar-refractivity contribution in [1.82, 2.24) is 9.62 Å². The highest BCUT2D eigenvalue weighted by atomic mass is 32.2. The maximum atomic E-state index is 11.4. The number of hydrogen-bond donors (Lipinski definition) is 1. The van der Waals surface area contributed by atoms with E-state index in [1.54, 1.807) is 14.0 Å². The summed E-state index contributed by atoms with van der Waals surface area (Å²) >= 11 is 0. The van der Waals surface area contributed by atoms with E-state index in [1.165, 1.54) is 4.90 Å². The number of amides is 1. The molecule has 1 amide bonds. The van der Waals surface area contributed by atoms with Crippen LogP contribution in [0.2, 0.25) is 0 Å². The minimum Gasteiger partial charge on any atom is -0.319 e. The van der Waals surface area contributed by atoms with Crippen LogP contribution in [-0.4, -0.2) is 34.4 Å². The fourth-order valence-electron chi connectivity index (χ4n) is 0.731. The van der Waals surface area contributed by atoms with Gasteiger partial charge in [0.05, 0.1) is 17.5 Å². The summed E-state index contributed by atoms with van der Waals surface area (Å²) < 4.78 is 13.8. The van der Waals surface area contributed by atoms with E-state index in [1.807, 2.05) is 6.92 Å². The van der Waals surface area contributed by atoms with Crippen LogP contribution < -0.4 is 4.72 Å². The third-order valence-corrected chi connectivity index (χ3v) is 2.97. The van der Waals surface area contributed by atoms with Gasteiger partial charge in [0.1, 0.15) is 0 Å². The Labute approximate surface area is 88.0 Å². The van der Waals surface area contributed by atoms with Gasteiger partial charge in [-0.15, -0.1) is 0 Å². The van der Waals surface area contributed by atoms with Gasteiger partial charge in [-0.1, -0.05) is 13.5 Å². The van der Waals surface area contributed by atoms with Crippen LogP contribution in [0.15, 0.2) is 12.3 Å². The number of allylic oxidation sites excluding steroid dienone is 1. The molecule has 0 aliphatic heterocycles. The third-order valence-electron chi connectivity index (χ3n) is 1.72. The molecule has 0 heterocycles. The van der Waals surface area contributed by atoms with Gasteiger partial charge in [-0.05, 0) is 13.3 Å². The van der Waals surface area contributed by atoms with E-state index in [-0.39, 0.29) is 12.5 Å². The Kier molecular flexibility index (Phi) is 6.40. The van der Waals surface area contributed by atoms with E-state index in [9.17, 15) is 9.00 Å². The number of hydrogen-bond acceptors (Lipinski definition) is 2. The zero-order valence-electron chi connectivity index (χ0n) is 9.00. The van der Waals surface area contributed by atoms with Crippen LogP contribution in [0.4, 0.5) is 0 Å². The van der Waals surface area contributed by atoms with E-state index in [0.29, 0.717) is 11.4 Å². The molecule has 1 atom stereocenters. The molecule has 4 nitrogen and oxygen atoms in total. The lowest BCUT2D eigenvalue weighted by atomic mass is 10.4. The topological polar surface area (TPSA) is 49.4 Å². The normalized spacial score (nSPS) is 12.2. The zero-order valence-corrected chi connectivity index (χ0v) is 9.82. The van der Waals surface area contributed by atoms with Gasteiger partial charge in [0.25, 0.3) is 0 Å². The number of likely N-dealkylation sites (N-methyl/N-ethyl adjacent to an activating group) is 1. The van der Waals surface area contributed by atoms with Gasteiger partial charge in [0.15, 0.2) is 0 Å². The quantitative estimate of drug-likeness (QED) is 0.711. The van der Waals surface area contributed by atoms with Crippen LogP contribution in [0.1, 0.15) is 20.3 Å². The zero-order chi connectivity index (χ0) is 11.1. The molecule has 0 aromatic rings. The molecule has 82 valence electrons. The first kappa shape index (κ1) is 13.3.